The molecule has 1 aromatic rings. The highest BCUT2D eigenvalue weighted by Gasteiger charge is 2.09. The molecule has 0 saturated carbocycles. The summed E-state index contributed by atoms with van der Waals surface area (Å²) in [6.45, 7) is 8.27. The molecule has 0 spiro atoms. The molecule has 0 aliphatic heterocycles. The van der Waals surface area contributed by atoms with Crippen molar-refractivity contribution in [1.29, 1.82) is 0 Å². The van der Waals surface area contributed by atoms with Gasteiger partial charge in [-0.15, -0.1) is 0 Å². The number of allylic oxidation sites excluding steroid dienone is 2. The summed E-state index contributed by atoms with van der Waals surface area (Å²) in [5.74, 6) is -0.148. The van der Waals surface area contributed by atoms with E-state index in [-0.39, 0.29) is 11.2 Å². The van der Waals surface area contributed by atoms with E-state index in [4.69, 9.17) is 0 Å². The standard InChI is InChI=1S/C13H17F/c1-10(9-13(2,3)4)11-7-5-6-8-12(11)14/h5-9H,1-4H3/b10-9-. The Morgan fingerprint density at radius 3 is 2.29 bits per heavy atom. The van der Waals surface area contributed by atoms with Crippen LogP contribution in [-0.4, -0.2) is 0 Å². The maximum atomic E-state index is 13.4. The summed E-state index contributed by atoms with van der Waals surface area (Å²) in [6.07, 6.45) is 2.09. The van der Waals surface area contributed by atoms with Crippen LogP contribution in [0.5, 0.6) is 0 Å². The number of hydrogen-bond donors (Lipinski definition) is 0. The number of halogens is 1. The number of hydrogen-bond acceptors (Lipinski definition) is 0. The predicted octanol–water partition coefficient (Wildman–Crippen LogP) is 4.28. The van der Waals surface area contributed by atoms with Crippen molar-refractivity contribution in [3.8, 4) is 0 Å². The summed E-state index contributed by atoms with van der Waals surface area (Å²) in [4.78, 5) is 0. The average molecular weight is 192 g/mol. The van der Waals surface area contributed by atoms with Crippen molar-refractivity contribution in [3.63, 3.8) is 0 Å². The van der Waals surface area contributed by atoms with Gasteiger partial charge < -0.3 is 0 Å². The first-order valence-electron chi connectivity index (χ1n) is 4.84. The zero-order chi connectivity index (χ0) is 10.8. The van der Waals surface area contributed by atoms with Gasteiger partial charge in [-0.1, -0.05) is 45.0 Å². The first-order valence-corrected chi connectivity index (χ1v) is 4.84. The lowest BCUT2D eigenvalue weighted by atomic mass is 9.91. The summed E-state index contributed by atoms with van der Waals surface area (Å²) in [7, 11) is 0. The van der Waals surface area contributed by atoms with Crippen molar-refractivity contribution >= 4 is 5.57 Å². The molecule has 1 aromatic carbocycles. The lowest BCUT2D eigenvalue weighted by molar-refractivity contribution is 0.544. The lowest BCUT2D eigenvalue weighted by Crippen LogP contribution is -2.00. The summed E-state index contributed by atoms with van der Waals surface area (Å²) in [5, 5.41) is 0. The average Bonchev–Trinajstić information content (AvgIpc) is 2.01. The normalized spacial score (nSPS) is 13.1. The molecule has 0 atom stereocenters. The topological polar surface area (TPSA) is 0 Å². The smallest absolute Gasteiger partial charge is 0.130 e. The molecular weight excluding hydrogens is 175 g/mol. The molecule has 0 fully saturated rings. The molecule has 0 bridgehead atoms. The minimum atomic E-state index is -0.148. The first kappa shape index (κ1) is 11.0. The highest BCUT2D eigenvalue weighted by Crippen LogP contribution is 2.24. The van der Waals surface area contributed by atoms with Crippen LogP contribution in [0.15, 0.2) is 30.3 Å². The third-order valence-corrected chi connectivity index (χ3v) is 1.95. The molecule has 76 valence electrons. The Morgan fingerprint density at radius 2 is 1.79 bits per heavy atom. The van der Waals surface area contributed by atoms with E-state index in [1.165, 1.54) is 6.07 Å². The Labute approximate surface area is 85.5 Å². The molecule has 0 heterocycles. The van der Waals surface area contributed by atoms with Crippen molar-refractivity contribution < 1.29 is 4.39 Å². The Balaban J connectivity index is 3.07. The summed E-state index contributed by atoms with van der Waals surface area (Å²) < 4.78 is 13.4. The second-order valence-electron chi connectivity index (χ2n) is 4.67. The van der Waals surface area contributed by atoms with Crippen LogP contribution in [0.1, 0.15) is 33.3 Å². The number of rotatable bonds is 1. The molecule has 1 rings (SSSR count). The summed E-state index contributed by atoms with van der Waals surface area (Å²) >= 11 is 0. The third-order valence-electron chi connectivity index (χ3n) is 1.95. The van der Waals surface area contributed by atoms with Gasteiger partial charge in [0.2, 0.25) is 0 Å². The van der Waals surface area contributed by atoms with Crippen molar-refractivity contribution in [2.45, 2.75) is 27.7 Å². The van der Waals surface area contributed by atoms with E-state index in [0.29, 0.717) is 5.56 Å². The largest absolute Gasteiger partial charge is 0.206 e. The van der Waals surface area contributed by atoms with Gasteiger partial charge in [-0.3, -0.25) is 0 Å². The highest BCUT2D eigenvalue weighted by atomic mass is 19.1. The van der Waals surface area contributed by atoms with E-state index >= 15 is 0 Å². The number of benzene rings is 1. The van der Waals surface area contributed by atoms with Crippen LogP contribution < -0.4 is 0 Å². The van der Waals surface area contributed by atoms with Crippen LogP contribution in [-0.2, 0) is 0 Å². The molecule has 0 amide bonds. The van der Waals surface area contributed by atoms with Crippen molar-refractivity contribution in [3.05, 3.63) is 41.7 Å². The molecule has 0 saturated heterocycles. The minimum Gasteiger partial charge on any atom is -0.206 e. The van der Waals surface area contributed by atoms with Gasteiger partial charge in [0.1, 0.15) is 5.82 Å². The Kier molecular flexibility index (Phi) is 3.10. The van der Waals surface area contributed by atoms with Crippen LogP contribution >= 0.6 is 0 Å². The van der Waals surface area contributed by atoms with Crippen LogP contribution in [0.2, 0.25) is 0 Å². The van der Waals surface area contributed by atoms with E-state index in [1.807, 2.05) is 19.1 Å². The molecule has 0 radical (unpaired) electrons. The molecule has 0 nitrogen and oxygen atoms in total. The fourth-order valence-corrected chi connectivity index (χ4v) is 1.51. The van der Waals surface area contributed by atoms with E-state index in [9.17, 15) is 4.39 Å². The van der Waals surface area contributed by atoms with Crippen LogP contribution in [0.25, 0.3) is 5.57 Å². The first-order chi connectivity index (χ1) is 6.40. The van der Waals surface area contributed by atoms with Gasteiger partial charge in [-0.2, -0.15) is 0 Å². The maximum absolute atomic E-state index is 13.4. The molecule has 14 heavy (non-hydrogen) atoms. The zero-order valence-electron chi connectivity index (χ0n) is 9.26. The summed E-state index contributed by atoms with van der Waals surface area (Å²) in [6, 6.07) is 6.88. The lowest BCUT2D eigenvalue weighted by Gasteiger charge is -2.14. The molecule has 0 aliphatic carbocycles. The van der Waals surface area contributed by atoms with Crippen LogP contribution in [0.4, 0.5) is 4.39 Å². The van der Waals surface area contributed by atoms with Gasteiger partial charge in [-0.25, -0.2) is 4.39 Å². The fourth-order valence-electron chi connectivity index (χ4n) is 1.51. The zero-order valence-corrected chi connectivity index (χ0v) is 9.26. The molecule has 0 unspecified atom stereocenters. The highest BCUT2D eigenvalue weighted by molar-refractivity contribution is 5.64. The van der Waals surface area contributed by atoms with Crippen molar-refractivity contribution in [2.75, 3.05) is 0 Å². The quantitative estimate of drug-likeness (QED) is 0.623. The molecule has 0 aliphatic rings. The van der Waals surface area contributed by atoms with E-state index in [2.05, 4.69) is 26.8 Å². The van der Waals surface area contributed by atoms with Gasteiger partial charge in [0.15, 0.2) is 0 Å². The van der Waals surface area contributed by atoms with Gasteiger partial charge >= 0.3 is 0 Å². The van der Waals surface area contributed by atoms with E-state index < -0.39 is 0 Å². The third kappa shape index (κ3) is 2.99. The van der Waals surface area contributed by atoms with Gasteiger partial charge in [-0.05, 0) is 24.0 Å². The van der Waals surface area contributed by atoms with Gasteiger partial charge in [0.05, 0.1) is 0 Å². The Bertz CT molecular complexity index is 342. The second kappa shape index (κ2) is 3.95. The van der Waals surface area contributed by atoms with Gasteiger partial charge in [0.25, 0.3) is 0 Å². The Morgan fingerprint density at radius 1 is 1.21 bits per heavy atom. The van der Waals surface area contributed by atoms with E-state index in [1.54, 1.807) is 6.07 Å². The SMILES string of the molecule is C/C(=C/C(C)(C)C)c1ccccc1F. The fraction of sp³-hybridized carbons (Fsp3) is 0.385. The predicted molar refractivity (Wildman–Crippen MR) is 59.5 cm³/mol. The monoisotopic (exact) mass is 192 g/mol. The minimum absolute atomic E-state index is 0.0896. The van der Waals surface area contributed by atoms with Crippen LogP contribution in [0.3, 0.4) is 0 Å². The van der Waals surface area contributed by atoms with Crippen LogP contribution in [0, 0.1) is 11.2 Å². The Hall–Kier alpha value is -1.11. The molecule has 0 N–H and O–H groups in total. The van der Waals surface area contributed by atoms with Crippen molar-refractivity contribution in [1.82, 2.24) is 0 Å². The maximum Gasteiger partial charge on any atom is 0.130 e. The summed E-state index contributed by atoms with van der Waals surface area (Å²) in [5.41, 5.74) is 1.78. The second-order valence-corrected chi connectivity index (χ2v) is 4.67. The molecule has 0 aromatic heterocycles. The van der Waals surface area contributed by atoms with E-state index in [0.717, 1.165) is 5.57 Å². The molecular formula is C13H17F. The van der Waals surface area contributed by atoms with Gasteiger partial charge in [0, 0.05) is 5.56 Å². The van der Waals surface area contributed by atoms with Crippen molar-refractivity contribution in [2.24, 2.45) is 5.41 Å². The molecule has 1 heteroatoms.